The highest BCUT2D eigenvalue weighted by atomic mass is 79.9. The van der Waals surface area contributed by atoms with Crippen molar-refractivity contribution in [2.75, 3.05) is 11.5 Å². The molecule has 0 atom stereocenters. The van der Waals surface area contributed by atoms with Crippen LogP contribution in [0.15, 0.2) is 16.6 Å². The van der Waals surface area contributed by atoms with Crippen LogP contribution in [0.1, 0.15) is 30.9 Å². The molecule has 0 bridgehead atoms. The average Bonchev–Trinajstić information content (AvgIpc) is 2.39. The van der Waals surface area contributed by atoms with Crippen molar-refractivity contribution in [2.24, 2.45) is 11.3 Å². The molecule has 0 radical (unpaired) electrons. The summed E-state index contributed by atoms with van der Waals surface area (Å²) in [7, 11) is -8.15. The highest BCUT2D eigenvalue weighted by molar-refractivity contribution is 9.10. The third-order valence-corrected chi connectivity index (χ3v) is 10.1. The molecule has 1 heterocycles. The summed E-state index contributed by atoms with van der Waals surface area (Å²) in [6.07, 6.45) is 0. The Morgan fingerprint density at radius 1 is 1.17 bits per heavy atom. The molecule has 1 aliphatic heterocycles. The molecule has 0 unspecified atom stereocenters. The number of aromatic hydroxyl groups is 1. The van der Waals surface area contributed by atoms with Crippen molar-refractivity contribution in [1.29, 1.82) is 5.39 Å². The molecule has 1 saturated heterocycles. The highest BCUT2D eigenvalue weighted by Gasteiger charge is 2.50. The lowest BCUT2D eigenvalue weighted by atomic mass is 9.83. The van der Waals surface area contributed by atoms with E-state index in [9.17, 15) is 21.9 Å². The number of hydrogen-bond acceptors (Lipinski definition) is 6. The largest absolute Gasteiger partial charge is 0.506 e. The fourth-order valence-electron chi connectivity index (χ4n) is 2.74. The van der Waals surface area contributed by atoms with Crippen molar-refractivity contribution in [3.8, 4) is 5.75 Å². The van der Waals surface area contributed by atoms with Gasteiger partial charge in [0.05, 0.1) is 22.0 Å². The molecule has 0 aliphatic carbocycles. The lowest BCUT2D eigenvalue weighted by Crippen LogP contribution is -2.43. The summed E-state index contributed by atoms with van der Waals surface area (Å²) in [5, 5.41) is 19.1. The van der Waals surface area contributed by atoms with E-state index in [1.807, 2.05) is 0 Å². The minimum Gasteiger partial charge on any atom is -0.506 e. The Kier molecular flexibility index (Phi) is 4.76. The molecular weight excluding hydrogens is 420 g/mol. The first kappa shape index (κ1) is 19.1. The average molecular weight is 438 g/mol. The van der Waals surface area contributed by atoms with Crippen molar-refractivity contribution in [3.63, 3.8) is 0 Å². The molecule has 0 amide bonds. The number of phenols is 1. The lowest BCUT2D eigenvalue weighted by molar-refractivity contribution is 0.284. The second-order valence-corrected chi connectivity index (χ2v) is 12.4. The predicted octanol–water partition coefficient (Wildman–Crippen LogP) is 3.14. The van der Waals surface area contributed by atoms with Gasteiger partial charge in [0, 0.05) is 11.6 Å². The first-order valence-electron chi connectivity index (χ1n) is 7.10. The van der Waals surface area contributed by atoms with Gasteiger partial charge in [0.15, 0.2) is 29.2 Å². The van der Waals surface area contributed by atoms with Gasteiger partial charge in [-0.1, -0.05) is 20.8 Å². The third kappa shape index (κ3) is 3.43. The van der Waals surface area contributed by atoms with Gasteiger partial charge in [-0.25, -0.2) is 16.8 Å². The van der Waals surface area contributed by atoms with Gasteiger partial charge in [-0.3, -0.25) is 0 Å². The van der Waals surface area contributed by atoms with E-state index in [2.05, 4.69) is 20.9 Å². The van der Waals surface area contributed by atoms with Gasteiger partial charge in [-0.2, -0.15) is 0 Å². The van der Waals surface area contributed by atoms with Crippen molar-refractivity contribution in [2.45, 2.75) is 25.4 Å². The van der Waals surface area contributed by atoms with E-state index >= 15 is 0 Å². The number of hydrogen-bond donors (Lipinski definition) is 1. The molecular formula is C14H18BrN2O5S2+. The van der Waals surface area contributed by atoms with E-state index in [1.54, 1.807) is 20.8 Å². The number of benzene rings is 1. The first-order chi connectivity index (χ1) is 10.8. The molecule has 0 saturated carbocycles. The molecule has 1 fully saturated rings. The van der Waals surface area contributed by atoms with Crippen LogP contribution in [0.3, 0.4) is 0 Å². The fourth-order valence-corrected chi connectivity index (χ4v) is 9.45. The molecule has 7 nitrogen and oxygen atoms in total. The number of phenolic OH excluding ortho intramolecular Hbond substituents is 1. The van der Waals surface area contributed by atoms with Gasteiger partial charge in [0.1, 0.15) is 5.75 Å². The molecule has 1 aliphatic rings. The molecule has 10 heteroatoms. The first-order valence-corrected chi connectivity index (χ1v) is 11.3. The van der Waals surface area contributed by atoms with Crippen molar-refractivity contribution in [1.82, 2.24) is 0 Å². The minimum absolute atomic E-state index is 0.0520. The normalized spacial score (nSPS) is 25.8. The highest BCUT2D eigenvalue weighted by Crippen LogP contribution is 2.46. The van der Waals surface area contributed by atoms with E-state index in [1.165, 1.54) is 6.07 Å². The summed E-state index contributed by atoms with van der Waals surface area (Å²) in [5.41, 5.74) is -0.849. The SMILES string of the molecule is CC(C)(C)C1CS(=O)(=O)C(c2cc([N+]#N)cc(Br)c2O)S(=O)(=O)C1. The Balaban J connectivity index is 2.69. The number of nitrogens with zero attached hydrogens (tertiary/aromatic N) is 2. The maximum atomic E-state index is 12.7. The van der Waals surface area contributed by atoms with Gasteiger partial charge >= 0.3 is 5.69 Å². The number of rotatable bonds is 1. The van der Waals surface area contributed by atoms with Gasteiger partial charge in [-0.15, -0.1) is 0 Å². The Hall–Kier alpha value is -1.18. The molecule has 0 aromatic heterocycles. The van der Waals surface area contributed by atoms with Crippen LogP contribution in [0, 0.1) is 16.7 Å². The van der Waals surface area contributed by atoms with Crippen LogP contribution >= 0.6 is 15.9 Å². The smallest absolute Gasteiger partial charge is 0.386 e. The van der Waals surface area contributed by atoms with E-state index in [0.717, 1.165) is 6.07 Å². The zero-order valence-electron chi connectivity index (χ0n) is 13.4. The van der Waals surface area contributed by atoms with Crippen LogP contribution in [0.2, 0.25) is 0 Å². The van der Waals surface area contributed by atoms with Crippen molar-refractivity contribution < 1.29 is 21.9 Å². The summed E-state index contributed by atoms with van der Waals surface area (Å²) in [5.74, 6) is -1.62. The molecule has 1 aromatic carbocycles. The molecule has 24 heavy (non-hydrogen) atoms. The summed E-state index contributed by atoms with van der Waals surface area (Å²) in [6.45, 7) is 5.38. The maximum Gasteiger partial charge on any atom is 0.386 e. The second-order valence-electron chi connectivity index (χ2n) is 7.02. The van der Waals surface area contributed by atoms with E-state index in [-0.39, 0.29) is 27.2 Å². The van der Waals surface area contributed by atoms with Crippen molar-refractivity contribution >= 4 is 41.3 Å². The van der Waals surface area contributed by atoms with E-state index in [0.29, 0.717) is 0 Å². The van der Waals surface area contributed by atoms with Gasteiger partial charge in [0.2, 0.25) is 5.39 Å². The number of halogens is 1. The van der Waals surface area contributed by atoms with Crippen LogP contribution in [0.5, 0.6) is 5.75 Å². The molecule has 1 N–H and O–H groups in total. The molecule has 1 aromatic rings. The topological polar surface area (TPSA) is 117 Å². The van der Waals surface area contributed by atoms with Crippen molar-refractivity contribution in [3.05, 3.63) is 27.1 Å². The zero-order valence-corrected chi connectivity index (χ0v) is 16.6. The zero-order chi connectivity index (χ0) is 18.5. The Labute approximate surface area is 149 Å². The lowest BCUT2D eigenvalue weighted by Gasteiger charge is -2.36. The van der Waals surface area contributed by atoms with E-state index < -0.39 is 41.3 Å². The fraction of sp³-hybridized carbons (Fsp3) is 0.571. The van der Waals surface area contributed by atoms with E-state index in [4.69, 9.17) is 5.39 Å². The summed E-state index contributed by atoms with van der Waals surface area (Å²) >= 11 is 3.01. The van der Waals surface area contributed by atoms with Crippen LogP contribution in [0.25, 0.3) is 4.98 Å². The Morgan fingerprint density at radius 2 is 1.67 bits per heavy atom. The van der Waals surface area contributed by atoms with Gasteiger partial charge < -0.3 is 5.11 Å². The maximum absolute atomic E-state index is 12.7. The Morgan fingerprint density at radius 3 is 2.08 bits per heavy atom. The summed E-state index contributed by atoms with van der Waals surface area (Å²) < 4.78 is 49.1. The van der Waals surface area contributed by atoms with Crippen LogP contribution < -0.4 is 0 Å². The molecule has 132 valence electrons. The standard InChI is InChI=1S/C14H17BrN2O5S2/c1-14(2,3)8-6-23(19,20)13(24(21,22)7-8)10-4-9(17-16)5-11(15)12(10)18/h4-5,8,13H,6-7H2,1-3H3/p+1. The second kappa shape index (κ2) is 5.97. The predicted molar refractivity (Wildman–Crippen MR) is 93.8 cm³/mol. The van der Waals surface area contributed by atoms with Gasteiger partial charge in [-0.05, 0) is 27.3 Å². The van der Waals surface area contributed by atoms with Crippen LogP contribution in [0.4, 0.5) is 5.69 Å². The Bertz CT molecular complexity index is 891. The number of sulfone groups is 2. The monoisotopic (exact) mass is 437 g/mol. The molecule has 2 rings (SSSR count). The van der Waals surface area contributed by atoms with Crippen LogP contribution in [-0.4, -0.2) is 33.4 Å². The van der Waals surface area contributed by atoms with Crippen LogP contribution in [-0.2, 0) is 19.7 Å². The summed E-state index contributed by atoms with van der Waals surface area (Å²) in [4.78, 5) is 2.95. The summed E-state index contributed by atoms with van der Waals surface area (Å²) in [6, 6.07) is 2.32. The van der Waals surface area contributed by atoms with Gasteiger partial charge in [0.25, 0.3) is 0 Å². The minimum atomic E-state index is -4.07. The number of diazo groups is 1. The quantitative estimate of drug-likeness (QED) is 0.674. The molecule has 0 spiro atoms. The third-order valence-electron chi connectivity index (χ3n) is 4.19.